The van der Waals surface area contributed by atoms with Gasteiger partial charge in [0.25, 0.3) is 0 Å². The number of benzene rings is 2. The molecule has 0 saturated heterocycles. The zero-order valence-electron chi connectivity index (χ0n) is 12.3. The number of aromatic amines is 1. The van der Waals surface area contributed by atoms with E-state index in [-0.39, 0.29) is 11.9 Å². The highest BCUT2D eigenvalue weighted by atomic mass is 16.2. The fourth-order valence-electron chi connectivity index (χ4n) is 3.23. The highest BCUT2D eigenvalue weighted by Crippen LogP contribution is 2.38. The fraction of sp³-hybridized carbons (Fsp3) is 0.105. The van der Waals surface area contributed by atoms with Crippen LogP contribution < -0.4 is 0 Å². The summed E-state index contributed by atoms with van der Waals surface area (Å²) in [4.78, 5) is 17.2. The van der Waals surface area contributed by atoms with Gasteiger partial charge in [0.2, 0.25) is 5.91 Å². The fourth-order valence-corrected chi connectivity index (χ4v) is 3.23. The molecule has 1 aromatic heterocycles. The van der Waals surface area contributed by atoms with E-state index in [1.54, 1.807) is 11.8 Å². The van der Waals surface area contributed by atoms with E-state index < -0.39 is 0 Å². The minimum absolute atomic E-state index is 0.0426. The van der Waals surface area contributed by atoms with Crippen molar-refractivity contribution in [2.75, 3.05) is 0 Å². The Morgan fingerprint density at radius 3 is 2.68 bits per heavy atom. The molecule has 0 fully saturated rings. The van der Waals surface area contributed by atoms with E-state index in [0.717, 1.165) is 27.6 Å². The van der Waals surface area contributed by atoms with Crippen LogP contribution in [0.4, 0.5) is 0 Å². The molecule has 0 bridgehead atoms. The number of para-hydroxylation sites is 1. The zero-order chi connectivity index (χ0) is 15.1. The second-order valence-corrected chi connectivity index (χ2v) is 5.56. The van der Waals surface area contributed by atoms with Crippen LogP contribution in [0.25, 0.3) is 17.0 Å². The molecule has 1 amide bonds. The van der Waals surface area contributed by atoms with Crippen molar-refractivity contribution in [2.24, 2.45) is 0 Å². The smallest absolute Gasteiger partial charge is 0.224 e. The monoisotopic (exact) mass is 288 g/mol. The Labute approximate surface area is 128 Å². The van der Waals surface area contributed by atoms with Gasteiger partial charge in [-0.15, -0.1) is 0 Å². The van der Waals surface area contributed by atoms with Crippen molar-refractivity contribution in [1.29, 1.82) is 0 Å². The van der Waals surface area contributed by atoms with Crippen LogP contribution in [0.3, 0.4) is 0 Å². The van der Waals surface area contributed by atoms with Gasteiger partial charge in [0.05, 0.1) is 6.04 Å². The maximum absolute atomic E-state index is 12.1. The van der Waals surface area contributed by atoms with E-state index in [9.17, 15) is 4.79 Å². The second-order valence-electron chi connectivity index (χ2n) is 5.56. The number of fused-ring (bicyclic) bond motifs is 2. The molecule has 2 heterocycles. The molecule has 0 saturated carbocycles. The summed E-state index contributed by atoms with van der Waals surface area (Å²) < 4.78 is 0. The minimum atomic E-state index is -0.0881. The van der Waals surface area contributed by atoms with Crippen LogP contribution in [0.15, 0.2) is 60.9 Å². The third-order valence-corrected chi connectivity index (χ3v) is 4.26. The highest BCUT2D eigenvalue weighted by Gasteiger charge is 2.29. The van der Waals surface area contributed by atoms with Gasteiger partial charge in [-0.2, -0.15) is 0 Å². The lowest BCUT2D eigenvalue weighted by Gasteiger charge is -2.32. The Bertz CT molecular complexity index is 891. The Hall–Kier alpha value is -2.81. The number of carbonyl (C=O) groups excluding carboxylic acids is 1. The SMILES string of the molecule is CC(=O)N1C=Cc2ccccc2[C@H]1c1c[nH]c2ccccc12. The number of nitrogens with zero attached hydrogens (tertiary/aromatic N) is 1. The van der Waals surface area contributed by atoms with Crippen LogP contribution in [-0.4, -0.2) is 15.8 Å². The maximum atomic E-state index is 12.1. The molecule has 0 aliphatic carbocycles. The van der Waals surface area contributed by atoms with Crippen molar-refractivity contribution in [3.8, 4) is 0 Å². The predicted molar refractivity (Wildman–Crippen MR) is 88.1 cm³/mol. The average Bonchev–Trinajstić information content (AvgIpc) is 2.97. The van der Waals surface area contributed by atoms with Crippen LogP contribution in [0.1, 0.15) is 29.7 Å². The van der Waals surface area contributed by atoms with Gasteiger partial charge in [-0.05, 0) is 23.3 Å². The molecule has 1 N–H and O–H groups in total. The molecule has 1 aliphatic heterocycles. The standard InChI is InChI=1S/C19H16N2O/c1-13(22)21-11-10-14-6-2-3-7-15(14)19(21)17-12-20-18-9-5-4-8-16(17)18/h2-12,19-20H,1H3/t19-/m0/s1. The molecule has 22 heavy (non-hydrogen) atoms. The number of rotatable bonds is 1. The summed E-state index contributed by atoms with van der Waals surface area (Å²) in [6.45, 7) is 1.61. The summed E-state index contributed by atoms with van der Waals surface area (Å²) in [6, 6.07) is 16.4. The Morgan fingerprint density at radius 2 is 1.82 bits per heavy atom. The molecule has 1 aliphatic rings. The first kappa shape index (κ1) is 12.9. The molecule has 0 spiro atoms. The molecule has 108 valence electrons. The summed E-state index contributed by atoms with van der Waals surface area (Å²) in [5.74, 6) is 0.0426. The van der Waals surface area contributed by atoms with Gasteiger partial charge in [-0.1, -0.05) is 42.5 Å². The molecule has 4 rings (SSSR count). The second kappa shape index (κ2) is 4.88. The molecule has 3 nitrogen and oxygen atoms in total. The number of hydrogen-bond acceptors (Lipinski definition) is 1. The summed E-state index contributed by atoms with van der Waals surface area (Å²) in [5.41, 5.74) is 4.54. The molecule has 0 radical (unpaired) electrons. The van der Waals surface area contributed by atoms with Crippen LogP contribution in [-0.2, 0) is 4.79 Å². The van der Waals surface area contributed by atoms with Crippen LogP contribution in [0, 0.1) is 0 Å². The molecular formula is C19H16N2O. The average molecular weight is 288 g/mol. The largest absolute Gasteiger partial charge is 0.361 e. The molecule has 2 aromatic carbocycles. The van der Waals surface area contributed by atoms with Gasteiger partial charge in [0.1, 0.15) is 0 Å². The van der Waals surface area contributed by atoms with E-state index in [2.05, 4.69) is 29.2 Å². The summed E-state index contributed by atoms with van der Waals surface area (Å²) in [7, 11) is 0. The lowest BCUT2D eigenvalue weighted by molar-refractivity contribution is -0.127. The van der Waals surface area contributed by atoms with Crippen molar-refractivity contribution >= 4 is 22.9 Å². The van der Waals surface area contributed by atoms with Gasteiger partial charge in [0.15, 0.2) is 0 Å². The molecular weight excluding hydrogens is 272 g/mol. The summed E-state index contributed by atoms with van der Waals surface area (Å²) >= 11 is 0. The third-order valence-electron chi connectivity index (χ3n) is 4.26. The van der Waals surface area contributed by atoms with Gasteiger partial charge in [-0.25, -0.2) is 0 Å². The number of hydrogen-bond donors (Lipinski definition) is 1. The molecule has 3 aromatic rings. The van der Waals surface area contributed by atoms with E-state index >= 15 is 0 Å². The summed E-state index contributed by atoms with van der Waals surface area (Å²) in [6.07, 6.45) is 5.90. The molecule has 3 heteroatoms. The lowest BCUT2D eigenvalue weighted by Crippen LogP contribution is -2.31. The maximum Gasteiger partial charge on any atom is 0.224 e. The van der Waals surface area contributed by atoms with Crippen molar-refractivity contribution in [1.82, 2.24) is 9.88 Å². The Kier molecular flexibility index (Phi) is 2.86. The number of aromatic nitrogens is 1. The molecule has 0 unspecified atom stereocenters. The van der Waals surface area contributed by atoms with Gasteiger partial charge in [0, 0.05) is 35.8 Å². The third kappa shape index (κ3) is 1.86. The lowest BCUT2D eigenvalue weighted by atomic mass is 9.90. The van der Waals surface area contributed by atoms with Crippen LogP contribution >= 0.6 is 0 Å². The predicted octanol–water partition coefficient (Wildman–Crippen LogP) is 4.09. The number of amides is 1. The van der Waals surface area contributed by atoms with Crippen molar-refractivity contribution in [3.63, 3.8) is 0 Å². The summed E-state index contributed by atoms with van der Waals surface area (Å²) in [5, 5.41) is 1.16. The zero-order valence-corrected chi connectivity index (χ0v) is 12.3. The minimum Gasteiger partial charge on any atom is -0.361 e. The first-order valence-electron chi connectivity index (χ1n) is 7.38. The van der Waals surface area contributed by atoms with Crippen LogP contribution in [0.5, 0.6) is 0 Å². The number of carbonyl (C=O) groups is 1. The van der Waals surface area contributed by atoms with E-state index in [0.29, 0.717) is 0 Å². The van der Waals surface area contributed by atoms with Gasteiger partial charge >= 0.3 is 0 Å². The quantitative estimate of drug-likeness (QED) is 0.719. The van der Waals surface area contributed by atoms with Crippen LogP contribution in [0.2, 0.25) is 0 Å². The van der Waals surface area contributed by atoms with Gasteiger partial charge < -0.3 is 9.88 Å². The van der Waals surface area contributed by atoms with Gasteiger partial charge in [-0.3, -0.25) is 4.79 Å². The Balaban J connectivity index is 1.97. The van der Waals surface area contributed by atoms with Crippen molar-refractivity contribution in [2.45, 2.75) is 13.0 Å². The number of H-pyrrole nitrogens is 1. The first-order chi connectivity index (χ1) is 10.8. The van der Waals surface area contributed by atoms with Crippen molar-refractivity contribution < 1.29 is 4.79 Å². The van der Waals surface area contributed by atoms with Crippen molar-refractivity contribution in [3.05, 3.63) is 77.6 Å². The molecule has 1 atom stereocenters. The Morgan fingerprint density at radius 1 is 1.05 bits per heavy atom. The number of nitrogens with one attached hydrogen (secondary N) is 1. The van der Waals surface area contributed by atoms with E-state index in [1.165, 1.54) is 0 Å². The normalized spacial score (nSPS) is 16.8. The topological polar surface area (TPSA) is 36.1 Å². The first-order valence-corrected chi connectivity index (χ1v) is 7.38. The highest BCUT2D eigenvalue weighted by molar-refractivity contribution is 5.86. The van der Waals surface area contributed by atoms with E-state index in [1.807, 2.05) is 42.7 Å². The van der Waals surface area contributed by atoms with E-state index in [4.69, 9.17) is 0 Å².